The maximum absolute atomic E-state index is 12.6. The molecule has 2 aromatic rings. The molecule has 0 aromatic heterocycles. The highest BCUT2D eigenvalue weighted by atomic mass is 35.5. The first-order valence-electron chi connectivity index (χ1n) is 6.62. The molecule has 0 fully saturated rings. The Labute approximate surface area is 122 Å². The smallest absolute Gasteiger partial charge is 0.193 e. The average molecular weight is 285 g/mol. The lowest BCUT2D eigenvalue weighted by atomic mass is 9.85. The van der Waals surface area contributed by atoms with Crippen LogP contribution >= 0.6 is 11.6 Å². The number of hydrogen-bond donors (Lipinski definition) is 0. The molecule has 1 aliphatic carbocycles. The number of Topliss-reactive ketones (excluding diaryl/α,β-unsaturated/α-hetero) is 1. The predicted octanol–water partition coefficient (Wildman–Crippen LogP) is 4.09. The van der Waals surface area contributed by atoms with Gasteiger partial charge in [0.1, 0.15) is 0 Å². The maximum Gasteiger partial charge on any atom is 0.193 e. The van der Waals surface area contributed by atoms with Gasteiger partial charge in [-0.05, 0) is 42.7 Å². The molecule has 0 heterocycles. The summed E-state index contributed by atoms with van der Waals surface area (Å²) in [4.78, 5) is 24.5. The lowest BCUT2D eigenvalue weighted by molar-refractivity contribution is 0.0972. The van der Waals surface area contributed by atoms with Crippen LogP contribution < -0.4 is 0 Å². The first-order chi connectivity index (χ1) is 9.66. The molecule has 0 radical (unpaired) electrons. The van der Waals surface area contributed by atoms with E-state index in [-0.39, 0.29) is 11.6 Å². The number of fused-ring (bicyclic) bond motifs is 1. The molecule has 2 nitrogen and oxygen atoms in total. The predicted molar refractivity (Wildman–Crippen MR) is 78.6 cm³/mol. The van der Waals surface area contributed by atoms with E-state index in [1.807, 2.05) is 6.07 Å². The third-order valence-corrected chi connectivity index (χ3v) is 3.91. The van der Waals surface area contributed by atoms with Crippen molar-refractivity contribution in [1.29, 1.82) is 0 Å². The van der Waals surface area contributed by atoms with Crippen LogP contribution in [0.15, 0.2) is 42.5 Å². The number of benzene rings is 2. The van der Waals surface area contributed by atoms with Gasteiger partial charge in [-0.3, -0.25) is 9.59 Å². The number of carbonyl (C=O) groups excluding carboxylic acids is 2. The molecule has 3 rings (SSSR count). The zero-order chi connectivity index (χ0) is 14.1. The van der Waals surface area contributed by atoms with Gasteiger partial charge in [-0.15, -0.1) is 0 Å². The minimum absolute atomic E-state index is 0.0479. The summed E-state index contributed by atoms with van der Waals surface area (Å²) in [7, 11) is 0. The molecule has 100 valence electrons. The van der Waals surface area contributed by atoms with Gasteiger partial charge in [0.05, 0.1) is 0 Å². The van der Waals surface area contributed by atoms with Crippen LogP contribution in [0.25, 0.3) is 0 Å². The highest BCUT2D eigenvalue weighted by Gasteiger charge is 2.22. The summed E-state index contributed by atoms with van der Waals surface area (Å²) in [5.74, 6) is 0.0882. The van der Waals surface area contributed by atoms with E-state index in [0.717, 1.165) is 18.4 Å². The van der Waals surface area contributed by atoms with Crippen molar-refractivity contribution >= 4 is 23.2 Å². The average Bonchev–Trinajstić information content (AvgIpc) is 2.47. The molecule has 0 unspecified atom stereocenters. The number of hydrogen-bond acceptors (Lipinski definition) is 2. The normalized spacial score (nSPS) is 13.9. The molecule has 20 heavy (non-hydrogen) atoms. The summed E-state index contributed by atoms with van der Waals surface area (Å²) >= 11 is 5.84. The molecule has 0 spiro atoms. The molecule has 3 heteroatoms. The fourth-order valence-corrected chi connectivity index (χ4v) is 2.77. The van der Waals surface area contributed by atoms with E-state index in [4.69, 9.17) is 11.6 Å². The van der Waals surface area contributed by atoms with Gasteiger partial charge < -0.3 is 0 Å². The number of carbonyl (C=O) groups is 2. The molecule has 0 atom stereocenters. The highest BCUT2D eigenvalue weighted by molar-refractivity contribution is 6.30. The monoisotopic (exact) mass is 284 g/mol. The maximum atomic E-state index is 12.6. The highest BCUT2D eigenvalue weighted by Crippen LogP contribution is 2.26. The van der Waals surface area contributed by atoms with Gasteiger partial charge in [0.2, 0.25) is 0 Å². The fraction of sp³-hybridized carbons (Fsp3) is 0.176. The Morgan fingerprint density at radius 3 is 2.50 bits per heavy atom. The molecule has 1 aliphatic rings. The quantitative estimate of drug-likeness (QED) is 0.779. The SMILES string of the molecule is O=C1CCCc2c1cccc2C(=O)c1ccc(Cl)cc1. The Kier molecular flexibility index (Phi) is 3.41. The first-order valence-corrected chi connectivity index (χ1v) is 7.00. The van der Waals surface area contributed by atoms with Crippen molar-refractivity contribution in [2.24, 2.45) is 0 Å². The van der Waals surface area contributed by atoms with Gasteiger partial charge in [-0.2, -0.15) is 0 Å². The van der Waals surface area contributed by atoms with E-state index in [2.05, 4.69) is 0 Å². The van der Waals surface area contributed by atoms with Gasteiger partial charge in [0.25, 0.3) is 0 Å². The standard InChI is InChI=1S/C17H13ClO2/c18-12-9-7-11(8-10-12)17(20)15-5-1-4-14-13(15)3-2-6-16(14)19/h1,4-5,7-10H,2-3,6H2. The van der Waals surface area contributed by atoms with Crippen molar-refractivity contribution in [3.05, 3.63) is 69.7 Å². The van der Waals surface area contributed by atoms with Gasteiger partial charge >= 0.3 is 0 Å². The van der Waals surface area contributed by atoms with Gasteiger partial charge in [-0.25, -0.2) is 0 Å². The number of halogens is 1. The van der Waals surface area contributed by atoms with E-state index in [1.54, 1.807) is 36.4 Å². The van der Waals surface area contributed by atoms with E-state index in [0.29, 0.717) is 28.1 Å². The summed E-state index contributed by atoms with van der Waals surface area (Å²) in [6.45, 7) is 0. The minimum Gasteiger partial charge on any atom is -0.294 e. The van der Waals surface area contributed by atoms with Crippen LogP contribution in [0, 0.1) is 0 Å². The molecular formula is C17H13ClO2. The Morgan fingerprint density at radius 1 is 1.00 bits per heavy atom. The summed E-state index contributed by atoms with van der Waals surface area (Å²) in [5.41, 5.74) is 2.83. The summed E-state index contributed by atoms with van der Waals surface area (Å²) in [6, 6.07) is 12.2. The molecule has 0 saturated heterocycles. The van der Waals surface area contributed by atoms with Crippen LogP contribution in [0.1, 0.15) is 44.7 Å². The number of ketones is 2. The van der Waals surface area contributed by atoms with Crippen LogP contribution in [0.5, 0.6) is 0 Å². The Hall–Kier alpha value is -1.93. The molecule has 0 N–H and O–H groups in total. The fourth-order valence-electron chi connectivity index (χ4n) is 2.65. The molecule has 0 aliphatic heterocycles. The Bertz CT molecular complexity index is 687. The van der Waals surface area contributed by atoms with Crippen molar-refractivity contribution < 1.29 is 9.59 Å². The van der Waals surface area contributed by atoms with Crippen LogP contribution in [0.3, 0.4) is 0 Å². The second-order valence-corrected chi connectivity index (χ2v) is 5.38. The summed E-state index contributed by atoms with van der Waals surface area (Å²) < 4.78 is 0. The molecule has 2 aromatic carbocycles. The van der Waals surface area contributed by atoms with E-state index >= 15 is 0 Å². The first kappa shape index (κ1) is 13.1. The second kappa shape index (κ2) is 5.22. The van der Waals surface area contributed by atoms with E-state index in [9.17, 15) is 9.59 Å². The van der Waals surface area contributed by atoms with E-state index in [1.165, 1.54) is 0 Å². The zero-order valence-electron chi connectivity index (χ0n) is 10.9. The summed E-state index contributed by atoms with van der Waals surface area (Å²) in [6.07, 6.45) is 2.18. The van der Waals surface area contributed by atoms with Crippen LogP contribution in [0.2, 0.25) is 5.02 Å². The molecule has 0 saturated carbocycles. The van der Waals surface area contributed by atoms with Crippen molar-refractivity contribution in [2.45, 2.75) is 19.3 Å². The Morgan fingerprint density at radius 2 is 1.75 bits per heavy atom. The van der Waals surface area contributed by atoms with Crippen molar-refractivity contribution in [2.75, 3.05) is 0 Å². The summed E-state index contributed by atoms with van der Waals surface area (Å²) in [5, 5.41) is 0.604. The van der Waals surface area contributed by atoms with Crippen molar-refractivity contribution in [3.63, 3.8) is 0 Å². The van der Waals surface area contributed by atoms with Crippen LogP contribution in [-0.2, 0) is 6.42 Å². The van der Waals surface area contributed by atoms with Gasteiger partial charge in [0.15, 0.2) is 11.6 Å². The largest absolute Gasteiger partial charge is 0.294 e. The minimum atomic E-state index is -0.0479. The third kappa shape index (κ3) is 2.27. The zero-order valence-corrected chi connectivity index (χ0v) is 11.6. The van der Waals surface area contributed by atoms with Gasteiger partial charge in [0, 0.05) is 28.1 Å². The number of rotatable bonds is 2. The van der Waals surface area contributed by atoms with Gasteiger partial charge in [-0.1, -0.05) is 29.8 Å². The third-order valence-electron chi connectivity index (χ3n) is 3.66. The molecular weight excluding hydrogens is 272 g/mol. The Balaban J connectivity index is 2.06. The lowest BCUT2D eigenvalue weighted by Crippen LogP contribution is -2.15. The topological polar surface area (TPSA) is 34.1 Å². The second-order valence-electron chi connectivity index (χ2n) is 4.94. The van der Waals surface area contributed by atoms with E-state index < -0.39 is 0 Å². The van der Waals surface area contributed by atoms with Crippen LogP contribution in [0.4, 0.5) is 0 Å². The van der Waals surface area contributed by atoms with Crippen LogP contribution in [-0.4, -0.2) is 11.6 Å². The molecule has 0 bridgehead atoms. The van der Waals surface area contributed by atoms with Crippen molar-refractivity contribution in [1.82, 2.24) is 0 Å². The lowest BCUT2D eigenvalue weighted by Gasteiger charge is -2.17. The molecule has 0 amide bonds. The van der Waals surface area contributed by atoms with Crippen molar-refractivity contribution in [3.8, 4) is 0 Å².